The molecule has 0 aliphatic heterocycles. The van der Waals surface area contributed by atoms with E-state index in [4.69, 9.17) is 16.9 Å². The molecule has 0 bridgehead atoms. The van der Waals surface area contributed by atoms with Gasteiger partial charge in [-0.2, -0.15) is 5.26 Å². The molecule has 1 aromatic heterocycles. The van der Waals surface area contributed by atoms with Crippen LogP contribution in [0.4, 0.5) is 0 Å². The van der Waals surface area contributed by atoms with Gasteiger partial charge in [0.05, 0.1) is 15.5 Å². The summed E-state index contributed by atoms with van der Waals surface area (Å²) < 4.78 is 26.5. The summed E-state index contributed by atoms with van der Waals surface area (Å²) in [4.78, 5) is 6.91. The van der Waals surface area contributed by atoms with Crippen molar-refractivity contribution in [2.75, 3.05) is 6.54 Å². The van der Waals surface area contributed by atoms with Gasteiger partial charge in [0, 0.05) is 25.4 Å². The normalized spacial score (nSPS) is 11.2. The van der Waals surface area contributed by atoms with E-state index in [9.17, 15) is 8.42 Å². The summed E-state index contributed by atoms with van der Waals surface area (Å²) in [6, 6.07) is 5.86. The minimum atomic E-state index is -3.65. The molecule has 6 nitrogen and oxygen atoms in total. The van der Waals surface area contributed by atoms with Crippen molar-refractivity contribution in [2.24, 2.45) is 0 Å². The zero-order chi connectivity index (χ0) is 14.6. The van der Waals surface area contributed by atoms with E-state index >= 15 is 0 Å². The van der Waals surface area contributed by atoms with Crippen LogP contribution < -0.4 is 4.72 Å². The second-order valence-corrected chi connectivity index (χ2v) is 6.11. The van der Waals surface area contributed by atoms with Gasteiger partial charge in [-0.05, 0) is 18.2 Å². The van der Waals surface area contributed by atoms with Gasteiger partial charge in [0.25, 0.3) is 0 Å². The highest BCUT2D eigenvalue weighted by atomic mass is 35.5. The lowest BCUT2D eigenvalue weighted by molar-refractivity contribution is 0.581. The fourth-order valence-electron chi connectivity index (χ4n) is 1.58. The first-order valence-corrected chi connectivity index (χ1v) is 7.56. The number of imidazole rings is 1. The zero-order valence-electron chi connectivity index (χ0n) is 10.3. The number of nitrogens with zero attached hydrogens (tertiary/aromatic N) is 2. The molecule has 1 heterocycles. The molecule has 20 heavy (non-hydrogen) atoms. The minimum Gasteiger partial charge on any atom is -0.349 e. The first-order chi connectivity index (χ1) is 9.53. The number of aromatic nitrogens is 2. The van der Waals surface area contributed by atoms with Gasteiger partial charge >= 0.3 is 0 Å². The predicted molar refractivity (Wildman–Crippen MR) is 73.6 cm³/mol. The van der Waals surface area contributed by atoms with Crippen LogP contribution in [0.5, 0.6) is 0 Å². The Balaban J connectivity index is 2.06. The summed E-state index contributed by atoms with van der Waals surface area (Å²) >= 11 is 5.82. The maximum Gasteiger partial charge on any atom is 0.240 e. The van der Waals surface area contributed by atoms with Gasteiger partial charge < -0.3 is 4.98 Å². The lowest BCUT2D eigenvalue weighted by Crippen LogP contribution is -2.26. The third-order valence-electron chi connectivity index (χ3n) is 2.58. The maximum absolute atomic E-state index is 12.0. The van der Waals surface area contributed by atoms with Crippen molar-refractivity contribution >= 4 is 21.6 Å². The van der Waals surface area contributed by atoms with Crippen LogP contribution >= 0.6 is 11.6 Å². The molecule has 104 valence electrons. The third kappa shape index (κ3) is 3.36. The largest absolute Gasteiger partial charge is 0.349 e. The highest BCUT2D eigenvalue weighted by Gasteiger charge is 2.15. The average Bonchev–Trinajstić information content (AvgIpc) is 2.91. The molecule has 0 spiro atoms. The summed E-state index contributed by atoms with van der Waals surface area (Å²) in [6.07, 6.45) is 3.73. The molecule has 0 radical (unpaired) electrons. The van der Waals surface area contributed by atoms with E-state index in [2.05, 4.69) is 14.7 Å². The van der Waals surface area contributed by atoms with E-state index < -0.39 is 10.0 Å². The smallest absolute Gasteiger partial charge is 0.240 e. The first-order valence-electron chi connectivity index (χ1n) is 5.70. The standard InChI is InChI=1S/C12H11ClN4O2S/c13-11-7-10(2-1-9(11)8-14)20(18,19)17-4-3-12-15-5-6-16-12/h1-2,5-7,17H,3-4H2,(H,15,16). The first kappa shape index (κ1) is 14.5. The van der Waals surface area contributed by atoms with Crippen molar-refractivity contribution in [1.29, 1.82) is 5.26 Å². The topological polar surface area (TPSA) is 98.6 Å². The molecule has 8 heteroatoms. The summed E-state index contributed by atoms with van der Waals surface area (Å²) in [7, 11) is -3.65. The van der Waals surface area contributed by atoms with Crippen LogP contribution in [0.2, 0.25) is 5.02 Å². The summed E-state index contributed by atoms with van der Waals surface area (Å²) in [5.74, 6) is 0.700. The Morgan fingerprint density at radius 1 is 1.45 bits per heavy atom. The van der Waals surface area contributed by atoms with Crippen LogP contribution in [0.25, 0.3) is 0 Å². The van der Waals surface area contributed by atoms with Crippen molar-refractivity contribution in [3.63, 3.8) is 0 Å². The Kier molecular flexibility index (Phi) is 4.39. The number of aromatic amines is 1. The van der Waals surface area contributed by atoms with Crippen LogP contribution in [-0.2, 0) is 16.4 Å². The SMILES string of the molecule is N#Cc1ccc(S(=O)(=O)NCCc2ncc[nH]2)cc1Cl. The second-order valence-electron chi connectivity index (χ2n) is 3.94. The molecular formula is C12H11ClN4O2S. The fraction of sp³-hybridized carbons (Fsp3) is 0.167. The maximum atomic E-state index is 12.0. The molecule has 0 saturated heterocycles. The molecule has 0 fully saturated rings. The number of nitriles is 1. The number of benzene rings is 1. The third-order valence-corrected chi connectivity index (χ3v) is 4.35. The van der Waals surface area contributed by atoms with Crippen LogP contribution in [0.15, 0.2) is 35.5 Å². The molecule has 0 aliphatic carbocycles. The number of H-pyrrole nitrogens is 1. The summed E-state index contributed by atoms with van der Waals surface area (Å²) in [5, 5.41) is 8.86. The van der Waals surface area contributed by atoms with Crippen molar-refractivity contribution in [3.05, 3.63) is 47.0 Å². The number of sulfonamides is 1. The number of hydrogen-bond acceptors (Lipinski definition) is 4. The minimum absolute atomic E-state index is 0.0287. The molecule has 2 N–H and O–H groups in total. The van der Waals surface area contributed by atoms with E-state index in [0.29, 0.717) is 12.2 Å². The van der Waals surface area contributed by atoms with Crippen molar-refractivity contribution in [3.8, 4) is 6.07 Å². The van der Waals surface area contributed by atoms with E-state index in [0.717, 1.165) is 0 Å². The number of halogens is 1. The highest BCUT2D eigenvalue weighted by Crippen LogP contribution is 2.19. The number of rotatable bonds is 5. The molecule has 0 atom stereocenters. The van der Waals surface area contributed by atoms with Crippen molar-refractivity contribution in [2.45, 2.75) is 11.3 Å². The van der Waals surface area contributed by atoms with Crippen LogP contribution in [0, 0.1) is 11.3 Å². The molecule has 0 unspecified atom stereocenters. The van der Waals surface area contributed by atoms with Crippen LogP contribution in [-0.4, -0.2) is 24.9 Å². The highest BCUT2D eigenvalue weighted by molar-refractivity contribution is 7.89. The molecule has 1 aromatic carbocycles. The zero-order valence-corrected chi connectivity index (χ0v) is 11.9. The molecule has 0 aliphatic rings. The van der Waals surface area contributed by atoms with Crippen LogP contribution in [0.3, 0.4) is 0 Å². The Morgan fingerprint density at radius 3 is 2.85 bits per heavy atom. The van der Waals surface area contributed by atoms with Gasteiger partial charge in [-0.1, -0.05) is 11.6 Å². The van der Waals surface area contributed by atoms with Gasteiger partial charge in [-0.25, -0.2) is 18.1 Å². The van der Waals surface area contributed by atoms with E-state index in [1.54, 1.807) is 12.4 Å². The average molecular weight is 311 g/mol. The second kappa shape index (κ2) is 6.05. The van der Waals surface area contributed by atoms with Gasteiger partial charge in [-0.15, -0.1) is 0 Å². The van der Waals surface area contributed by atoms with E-state index in [1.807, 2.05) is 6.07 Å². The predicted octanol–water partition coefficient (Wildman–Crippen LogP) is 1.46. The Hall–Kier alpha value is -1.88. The molecule has 0 saturated carbocycles. The van der Waals surface area contributed by atoms with Crippen molar-refractivity contribution in [1.82, 2.24) is 14.7 Å². The van der Waals surface area contributed by atoms with Crippen LogP contribution in [0.1, 0.15) is 11.4 Å². The Bertz CT molecular complexity index is 735. The molecule has 0 amide bonds. The fourth-order valence-corrected chi connectivity index (χ4v) is 2.92. The molecular weight excluding hydrogens is 300 g/mol. The summed E-state index contributed by atoms with van der Waals surface area (Å²) in [6.45, 7) is 0.216. The van der Waals surface area contributed by atoms with E-state index in [-0.39, 0.29) is 22.0 Å². The monoisotopic (exact) mass is 310 g/mol. The lowest BCUT2D eigenvalue weighted by Gasteiger charge is -2.06. The van der Waals surface area contributed by atoms with Gasteiger partial charge in [-0.3, -0.25) is 0 Å². The molecule has 2 rings (SSSR count). The lowest BCUT2D eigenvalue weighted by atomic mass is 10.2. The molecule has 2 aromatic rings. The number of nitrogens with one attached hydrogen (secondary N) is 2. The van der Waals surface area contributed by atoms with Gasteiger partial charge in [0.1, 0.15) is 11.9 Å². The van der Waals surface area contributed by atoms with Gasteiger partial charge in [0.15, 0.2) is 0 Å². The van der Waals surface area contributed by atoms with E-state index in [1.165, 1.54) is 18.2 Å². The Morgan fingerprint density at radius 2 is 2.25 bits per heavy atom. The Labute approximate surface area is 121 Å². The summed E-state index contributed by atoms with van der Waals surface area (Å²) in [5.41, 5.74) is 0.237. The van der Waals surface area contributed by atoms with Crippen molar-refractivity contribution < 1.29 is 8.42 Å². The van der Waals surface area contributed by atoms with Gasteiger partial charge in [0.2, 0.25) is 10.0 Å². The quantitative estimate of drug-likeness (QED) is 0.873. The number of hydrogen-bond donors (Lipinski definition) is 2.